The highest BCUT2D eigenvalue weighted by Gasteiger charge is 2.50. The number of carbonyl (C=O) groups is 3. The molecule has 0 radical (unpaired) electrons. The number of amides is 2. The Labute approximate surface area is 206 Å². The van der Waals surface area contributed by atoms with Crippen LogP contribution in [0, 0.1) is 0 Å². The largest absolute Gasteiger partial charge is 0.496 e. The van der Waals surface area contributed by atoms with E-state index in [-0.39, 0.29) is 12.5 Å². The summed E-state index contributed by atoms with van der Waals surface area (Å²) in [6.45, 7) is 2.54. The second-order valence-corrected chi connectivity index (χ2v) is 8.86. The smallest absolute Gasteiger partial charge is 0.408 e. The highest BCUT2D eigenvalue weighted by molar-refractivity contribution is 5.97. The van der Waals surface area contributed by atoms with Crippen molar-refractivity contribution in [1.29, 1.82) is 0 Å². The van der Waals surface area contributed by atoms with Gasteiger partial charge < -0.3 is 24.8 Å². The minimum Gasteiger partial charge on any atom is -0.496 e. The lowest BCUT2D eigenvalue weighted by Gasteiger charge is -2.45. The van der Waals surface area contributed by atoms with Gasteiger partial charge in [-0.1, -0.05) is 49.4 Å². The number of hydrogen-bond acceptors (Lipinski definition) is 6. The van der Waals surface area contributed by atoms with E-state index in [1.807, 2.05) is 43.3 Å². The van der Waals surface area contributed by atoms with Gasteiger partial charge in [-0.15, -0.1) is 0 Å². The normalized spacial score (nSPS) is 21.5. The molecule has 35 heavy (non-hydrogen) atoms. The van der Waals surface area contributed by atoms with E-state index in [0.29, 0.717) is 50.0 Å². The molecule has 188 valence electrons. The molecule has 0 atom stereocenters. The lowest BCUT2D eigenvalue weighted by Crippen LogP contribution is -2.60. The van der Waals surface area contributed by atoms with Gasteiger partial charge in [0.1, 0.15) is 11.3 Å². The van der Waals surface area contributed by atoms with E-state index in [4.69, 9.17) is 14.2 Å². The maximum absolute atomic E-state index is 13.0. The summed E-state index contributed by atoms with van der Waals surface area (Å²) < 4.78 is 15.6. The van der Waals surface area contributed by atoms with Crippen LogP contribution in [0.4, 0.5) is 4.79 Å². The quantitative estimate of drug-likeness (QED) is 0.524. The lowest BCUT2D eigenvalue weighted by atomic mass is 9.64. The third kappa shape index (κ3) is 5.93. The highest BCUT2D eigenvalue weighted by Crippen LogP contribution is 2.43. The number of esters is 1. The van der Waals surface area contributed by atoms with E-state index < -0.39 is 23.0 Å². The number of para-hydroxylation sites is 1. The molecule has 0 heterocycles. The fourth-order valence-corrected chi connectivity index (χ4v) is 4.69. The number of ether oxygens (including phenoxy) is 3. The summed E-state index contributed by atoms with van der Waals surface area (Å²) in [6.07, 6.45) is 1.84. The fraction of sp³-hybridized carbons (Fsp3) is 0.444. The Bertz CT molecular complexity index is 1020. The Hall–Kier alpha value is -3.55. The third-order valence-electron chi connectivity index (χ3n) is 6.74. The zero-order chi connectivity index (χ0) is 25.3. The first kappa shape index (κ1) is 26.1. The first-order chi connectivity index (χ1) is 16.9. The summed E-state index contributed by atoms with van der Waals surface area (Å²) in [5, 5.41) is 5.85. The monoisotopic (exact) mass is 482 g/mol. The minimum absolute atomic E-state index is 0.233. The Balaban J connectivity index is 1.83. The molecular weight excluding hydrogens is 448 g/mol. The number of methoxy groups -OCH3 is 2. The van der Waals surface area contributed by atoms with E-state index in [1.165, 1.54) is 14.2 Å². The van der Waals surface area contributed by atoms with Crippen molar-refractivity contribution in [2.24, 2.45) is 0 Å². The second-order valence-electron chi connectivity index (χ2n) is 8.86. The molecule has 1 aliphatic rings. The van der Waals surface area contributed by atoms with Crippen molar-refractivity contribution in [1.82, 2.24) is 10.6 Å². The van der Waals surface area contributed by atoms with Crippen LogP contribution in [0.25, 0.3) is 0 Å². The predicted octanol–water partition coefficient (Wildman–Crippen LogP) is 3.99. The molecule has 2 aromatic rings. The summed E-state index contributed by atoms with van der Waals surface area (Å²) >= 11 is 0. The topological polar surface area (TPSA) is 103 Å². The second kappa shape index (κ2) is 11.7. The zero-order valence-corrected chi connectivity index (χ0v) is 20.6. The zero-order valence-electron chi connectivity index (χ0n) is 20.6. The van der Waals surface area contributed by atoms with Crippen molar-refractivity contribution >= 4 is 18.0 Å². The van der Waals surface area contributed by atoms with Crippen LogP contribution in [0.5, 0.6) is 5.75 Å². The molecule has 0 aliphatic heterocycles. The van der Waals surface area contributed by atoms with Gasteiger partial charge >= 0.3 is 12.1 Å². The fourth-order valence-electron chi connectivity index (χ4n) is 4.69. The molecule has 2 amide bonds. The molecule has 0 aromatic heterocycles. The number of benzene rings is 2. The Morgan fingerprint density at radius 3 is 2.20 bits per heavy atom. The molecule has 1 saturated carbocycles. The molecule has 2 N–H and O–H groups in total. The van der Waals surface area contributed by atoms with Crippen molar-refractivity contribution in [3.63, 3.8) is 0 Å². The summed E-state index contributed by atoms with van der Waals surface area (Å²) in [5.41, 5.74) is -0.0821. The van der Waals surface area contributed by atoms with E-state index in [2.05, 4.69) is 10.6 Å². The molecule has 1 fully saturated rings. The SMILES string of the molecule is CCCOC(=O)N[C@]1(C(=O)OC)CC[C@](CNC(=O)c2ccccc2OC)(c2ccccc2)CC1. The van der Waals surface area contributed by atoms with Crippen LogP contribution in [0.15, 0.2) is 54.6 Å². The van der Waals surface area contributed by atoms with Crippen LogP contribution in [-0.4, -0.2) is 50.9 Å². The molecule has 3 rings (SSSR count). The van der Waals surface area contributed by atoms with Gasteiger partial charge in [0.2, 0.25) is 0 Å². The number of nitrogens with one attached hydrogen (secondary N) is 2. The van der Waals surface area contributed by atoms with Crippen molar-refractivity contribution in [2.45, 2.75) is 50.0 Å². The number of hydrogen-bond donors (Lipinski definition) is 2. The minimum atomic E-state index is -1.18. The summed E-state index contributed by atoms with van der Waals surface area (Å²) in [7, 11) is 2.85. The third-order valence-corrected chi connectivity index (χ3v) is 6.74. The first-order valence-corrected chi connectivity index (χ1v) is 11.9. The molecular formula is C27H34N2O6. The van der Waals surface area contributed by atoms with Gasteiger partial charge in [-0.3, -0.25) is 4.79 Å². The van der Waals surface area contributed by atoms with E-state index >= 15 is 0 Å². The lowest BCUT2D eigenvalue weighted by molar-refractivity contribution is -0.150. The van der Waals surface area contributed by atoms with E-state index in [9.17, 15) is 14.4 Å². The maximum Gasteiger partial charge on any atom is 0.408 e. The van der Waals surface area contributed by atoms with Crippen LogP contribution in [0.2, 0.25) is 0 Å². The summed E-state index contributed by atoms with van der Waals surface area (Å²) in [4.78, 5) is 38.2. The van der Waals surface area contributed by atoms with E-state index in [0.717, 1.165) is 5.56 Å². The van der Waals surface area contributed by atoms with Gasteiger partial charge in [0, 0.05) is 12.0 Å². The molecule has 1 aliphatic carbocycles. The highest BCUT2D eigenvalue weighted by atomic mass is 16.6. The molecule has 0 unspecified atom stereocenters. The maximum atomic E-state index is 13.0. The molecule has 8 nitrogen and oxygen atoms in total. The first-order valence-electron chi connectivity index (χ1n) is 11.9. The summed E-state index contributed by atoms with van der Waals surface area (Å²) in [5.74, 6) is -0.226. The van der Waals surface area contributed by atoms with Crippen molar-refractivity contribution in [3.05, 3.63) is 65.7 Å². The molecule has 0 bridgehead atoms. The Kier molecular flexibility index (Phi) is 8.73. The van der Waals surface area contributed by atoms with Gasteiger partial charge in [0.25, 0.3) is 5.91 Å². The summed E-state index contributed by atoms with van der Waals surface area (Å²) in [6, 6.07) is 17.0. The van der Waals surface area contributed by atoms with Gasteiger partial charge in [0.05, 0.1) is 26.4 Å². The number of rotatable bonds is 9. The van der Waals surface area contributed by atoms with Gasteiger partial charge in [-0.25, -0.2) is 9.59 Å². The Morgan fingerprint density at radius 1 is 0.914 bits per heavy atom. The Morgan fingerprint density at radius 2 is 1.57 bits per heavy atom. The average molecular weight is 483 g/mol. The van der Waals surface area contributed by atoms with Gasteiger partial charge in [-0.2, -0.15) is 0 Å². The molecule has 8 heteroatoms. The van der Waals surface area contributed by atoms with Crippen molar-refractivity contribution in [3.8, 4) is 5.75 Å². The van der Waals surface area contributed by atoms with E-state index in [1.54, 1.807) is 18.2 Å². The van der Waals surface area contributed by atoms with Crippen LogP contribution in [-0.2, 0) is 19.7 Å². The van der Waals surface area contributed by atoms with Crippen LogP contribution in [0.1, 0.15) is 54.9 Å². The molecule has 0 saturated heterocycles. The number of alkyl carbamates (subject to hydrolysis) is 1. The van der Waals surface area contributed by atoms with Crippen molar-refractivity contribution < 1.29 is 28.6 Å². The van der Waals surface area contributed by atoms with Gasteiger partial charge in [0.15, 0.2) is 0 Å². The standard InChI is InChI=1S/C27H34N2O6/c1-4-18-35-25(32)29-27(24(31)34-3)16-14-26(15-17-27,20-10-6-5-7-11-20)19-28-23(30)21-12-8-9-13-22(21)33-2/h5-13H,4,14-19H2,1-3H3,(H,28,30)(H,29,32)/t26-,27+. The number of carbonyl (C=O) groups excluding carboxylic acids is 3. The molecule has 2 aromatic carbocycles. The van der Waals surface area contributed by atoms with Crippen LogP contribution >= 0.6 is 0 Å². The van der Waals surface area contributed by atoms with Crippen LogP contribution < -0.4 is 15.4 Å². The van der Waals surface area contributed by atoms with Gasteiger partial charge in [-0.05, 0) is 49.8 Å². The van der Waals surface area contributed by atoms with Crippen LogP contribution in [0.3, 0.4) is 0 Å². The van der Waals surface area contributed by atoms with Crippen molar-refractivity contribution in [2.75, 3.05) is 27.4 Å². The molecule has 0 spiro atoms. The average Bonchev–Trinajstić information content (AvgIpc) is 2.91. The predicted molar refractivity (Wildman–Crippen MR) is 131 cm³/mol.